The van der Waals surface area contributed by atoms with Crippen LogP contribution in [0.4, 0.5) is 0 Å². The smallest absolute Gasteiger partial charge is 0.337 e. The van der Waals surface area contributed by atoms with Crippen LogP contribution < -0.4 is 4.74 Å². The number of aryl methyl sites for hydroxylation is 1. The SMILES string of the molecule is COC(=O)c1cccc(OCc2cccc(CC[C@H]3OC(=O)[C@@H]3CO)c2)c1. The van der Waals surface area contributed by atoms with Crippen LogP contribution >= 0.6 is 0 Å². The van der Waals surface area contributed by atoms with Gasteiger partial charge in [0, 0.05) is 0 Å². The summed E-state index contributed by atoms with van der Waals surface area (Å²) in [6.07, 6.45) is 1.23. The Hall–Kier alpha value is -2.86. The van der Waals surface area contributed by atoms with Crippen LogP contribution in [-0.4, -0.2) is 36.9 Å². The molecule has 6 nitrogen and oxygen atoms in total. The lowest BCUT2D eigenvalue weighted by molar-refractivity contribution is -0.188. The summed E-state index contributed by atoms with van der Waals surface area (Å²) in [6.45, 7) is 0.207. The van der Waals surface area contributed by atoms with Crippen LogP contribution in [0.25, 0.3) is 0 Å². The standard InChI is InChI=1S/C21H22O6/c1-25-20(23)16-6-3-7-17(11-16)26-13-15-5-2-4-14(10-15)8-9-19-18(12-22)21(24)27-19/h2-7,10-11,18-19,22H,8-9,12-13H2,1H3/t18-,19-/m1/s1. The van der Waals surface area contributed by atoms with Crippen molar-refractivity contribution in [1.29, 1.82) is 0 Å². The maximum absolute atomic E-state index is 11.6. The molecule has 3 rings (SSSR count). The zero-order chi connectivity index (χ0) is 19.2. The Bertz CT molecular complexity index is 816. The Balaban J connectivity index is 1.55. The number of benzene rings is 2. The molecule has 0 unspecified atom stereocenters. The Labute approximate surface area is 157 Å². The predicted molar refractivity (Wildman–Crippen MR) is 97.3 cm³/mol. The molecule has 1 aliphatic rings. The molecular formula is C21H22O6. The maximum atomic E-state index is 11.6. The third-order valence-electron chi connectivity index (χ3n) is 4.59. The Morgan fingerprint density at radius 2 is 1.93 bits per heavy atom. The van der Waals surface area contributed by atoms with Crippen molar-refractivity contribution >= 4 is 11.9 Å². The summed E-state index contributed by atoms with van der Waals surface area (Å²) in [5.41, 5.74) is 2.55. The van der Waals surface area contributed by atoms with E-state index in [1.165, 1.54) is 7.11 Å². The number of esters is 2. The molecule has 0 radical (unpaired) electrons. The third-order valence-corrected chi connectivity index (χ3v) is 4.59. The second-order valence-corrected chi connectivity index (χ2v) is 6.43. The molecular weight excluding hydrogens is 348 g/mol. The van der Waals surface area contributed by atoms with E-state index < -0.39 is 11.9 Å². The molecule has 2 aromatic carbocycles. The van der Waals surface area contributed by atoms with Gasteiger partial charge in [-0.2, -0.15) is 0 Å². The minimum atomic E-state index is -0.402. The summed E-state index contributed by atoms with van der Waals surface area (Å²) < 4.78 is 15.6. The largest absolute Gasteiger partial charge is 0.489 e. The van der Waals surface area contributed by atoms with Gasteiger partial charge >= 0.3 is 11.9 Å². The Morgan fingerprint density at radius 1 is 1.15 bits per heavy atom. The number of carbonyl (C=O) groups excluding carboxylic acids is 2. The molecule has 1 heterocycles. The molecule has 142 valence electrons. The summed E-state index contributed by atoms with van der Waals surface area (Å²) in [4.78, 5) is 22.8. The van der Waals surface area contributed by atoms with Gasteiger partial charge in [0.15, 0.2) is 0 Å². The first-order valence-electron chi connectivity index (χ1n) is 8.81. The van der Waals surface area contributed by atoms with Crippen molar-refractivity contribution in [3.8, 4) is 5.75 Å². The molecule has 6 heteroatoms. The molecule has 2 atom stereocenters. The van der Waals surface area contributed by atoms with Crippen LogP contribution in [0.1, 0.15) is 27.9 Å². The summed E-state index contributed by atoms with van der Waals surface area (Å²) in [7, 11) is 1.34. The third kappa shape index (κ3) is 4.65. The number of hydrogen-bond donors (Lipinski definition) is 1. The molecule has 1 fully saturated rings. The normalized spacial score (nSPS) is 18.4. The quantitative estimate of drug-likeness (QED) is 0.719. The second kappa shape index (κ2) is 8.68. The van der Waals surface area contributed by atoms with Crippen molar-refractivity contribution in [1.82, 2.24) is 0 Å². The van der Waals surface area contributed by atoms with E-state index in [0.717, 1.165) is 17.5 Å². The average molecular weight is 370 g/mol. The van der Waals surface area contributed by atoms with Crippen LogP contribution in [-0.2, 0) is 27.3 Å². The Morgan fingerprint density at radius 3 is 2.67 bits per heavy atom. The number of ether oxygens (including phenoxy) is 3. The zero-order valence-corrected chi connectivity index (χ0v) is 15.1. The number of methoxy groups -OCH3 is 1. The molecule has 1 saturated heterocycles. The van der Waals surface area contributed by atoms with Gasteiger partial charge in [-0.25, -0.2) is 4.79 Å². The van der Waals surface area contributed by atoms with Crippen LogP contribution in [0, 0.1) is 5.92 Å². The van der Waals surface area contributed by atoms with E-state index in [1.54, 1.807) is 24.3 Å². The van der Waals surface area contributed by atoms with E-state index in [9.17, 15) is 9.59 Å². The molecule has 2 aromatic rings. The van der Waals surface area contributed by atoms with Crippen molar-refractivity contribution in [2.24, 2.45) is 5.92 Å². The number of aliphatic hydroxyl groups excluding tert-OH is 1. The topological polar surface area (TPSA) is 82.1 Å². The van der Waals surface area contributed by atoms with Crippen molar-refractivity contribution in [3.63, 3.8) is 0 Å². The molecule has 0 aliphatic carbocycles. The summed E-state index contributed by atoms with van der Waals surface area (Å²) in [6, 6.07) is 14.8. The van der Waals surface area contributed by atoms with Gasteiger partial charge in [0.05, 0.1) is 19.3 Å². The van der Waals surface area contributed by atoms with Gasteiger partial charge < -0.3 is 19.3 Å². The highest BCUT2D eigenvalue weighted by Crippen LogP contribution is 2.26. The number of hydrogen-bond acceptors (Lipinski definition) is 6. The van der Waals surface area contributed by atoms with E-state index >= 15 is 0 Å². The number of carbonyl (C=O) groups is 2. The lowest BCUT2D eigenvalue weighted by atomic mass is 9.92. The van der Waals surface area contributed by atoms with Crippen molar-refractivity contribution in [3.05, 3.63) is 65.2 Å². The predicted octanol–water partition coefficient (Wildman–Crippen LogP) is 2.52. The van der Waals surface area contributed by atoms with Crippen molar-refractivity contribution in [2.45, 2.75) is 25.6 Å². The fraction of sp³-hybridized carbons (Fsp3) is 0.333. The molecule has 0 bridgehead atoms. The number of cyclic esters (lactones) is 1. The van der Waals surface area contributed by atoms with Gasteiger partial charge in [0.25, 0.3) is 0 Å². The van der Waals surface area contributed by atoms with Crippen LogP contribution in [0.3, 0.4) is 0 Å². The van der Waals surface area contributed by atoms with E-state index in [-0.39, 0.29) is 18.7 Å². The second-order valence-electron chi connectivity index (χ2n) is 6.43. The van der Waals surface area contributed by atoms with Gasteiger partial charge in [0.1, 0.15) is 24.4 Å². The lowest BCUT2D eigenvalue weighted by Gasteiger charge is -2.33. The summed E-state index contributed by atoms with van der Waals surface area (Å²) >= 11 is 0. The number of rotatable bonds is 8. The molecule has 27 heavy (non-hydrogen) atoms. The van der Waals surface area contributed by atoms with Gasteiger partial charge in [-0.15, -0.1) is 0 Å². The molecule has 1 N–H and O–H groups in total. The van der Waals surface area contributed by atoms with E-state index in [4.69, 9.17) is 19.3 Å². The van der Waals surface area contributed by atoms with Gasteiger partial charge in [-0.1, -0.05) is 30.3 Å². The highest BCUT2D eigenvalue weighted by Gasteiger charge is 2.41. The van der Waals surface area contributed by atoms with E-state index in [1.807, 2.05) is 24.3 Å². The maximum Gasteiger partial charge on any atom is 0.337 e. The molecule has 0 saturated carbocycles. The van der Waals surface area contributed by atoms with E-state index in [2.05, 4.69) is 0 Å². The van der Waals surface area contributed by atoms with Gasteiger partial charge in [-0.05, 0) is 42.2 Å². The zero-order valence-electron chi connectivity index (χ0n) is 15.1. The molecule has 0 amide bonds. The molecule has 1 aliphatic heterocycles. The van der Waals surface area contributed by atoms with Crippen molar-refractivity contribution in [2.75, 3.05) is 13.7 Å². The van der Waals surface area contributed by atoms with Crippen molar-refractivity contribution < 1.29 is 28.9 Å². The lowest BCUT2D eigenvalue weighted by Crippen LogP contribution is -2.47. The average Bonchev–Trinajstić information content (AvgIpc) is 2.69. The molecule has 0 aromatic heterocycles. The van der Waals surface area contributed by atoms with Crippen LogP contribution in [0.15, 0.2) is 48.5 Å². The van der Waals surface area contributed by atoms with E-state index in [0.29, 0.717) is 24.3 Å². The van der Waals surface area contributed by atoms with Gasteiger partial charge in [0.2, 0.25) is 0 Å². The number of aliphatic hydroxyl groups is 1. The first-order valence-corrected chi connectivity index (χ1v) is 8.81. The minimum absolute atomic E-state index is 0.165. The van der Waals surface area contributed by atoms with Crippen LogP contribution in [0.5, 0.6) is 5.75 Å². The monoisotopic (exact) mass is 370 g/mol. The minimum Gasteiger partial charge on any atom is -0.489 e. The highest BCUT2D eigenvalue weighted by molar-refractivity contribution is 5.89. The van der Waals surface area contributed by atoms with Crippen LogP contribution in [0.2, 0.25) is 0 Å². The van der Waals surface area contributed by atoms with Gasteiger partial charge in [-0.3, -0.25) is 4.79 Å². The first kappa shape index (κ1) is 18.9. The highest BCUT2D eigenvalue weighted by atomic mass is 16.6. The fourth-order valence-corrected chi connectivity index (χ4v) is 3.03. The fourth-order valence-electron chi connectivity index (χ4n) is 3.03. The summed E-state index contributed by atoms with van der Waals surface area (Å²) in [5.74, 6) is -0.520. The summed E-state index contributed by atoms with van der Waals surface area (Å²) in [5, 5.41) is 9.17. The first-order chi connectivity index (χ1) is 13.1. The Kier molecular flexibility index (Phi) is 6.08. The molecule has 0 spiro atoms.